The van der Waals surface area contributed by atoms with Gasteiger partial charge in [0.15, 0.2) is 0 Å². The third-order valence-electron chi connectivity index (χ3n) is 5.03. The Balaban J connectivity index is 1.73. The summed E-state index contributed by atoms with van der Waals surface area (Å²) < 4.78 is 1.03. The van der Waals surface area contributed by atoms with Gasteiger partial charge in [0.2, 0.25) is 5.13 Å². The van der Waals surface area contributed by atoms with E-state index in [0.29, 0.717) is 10.7 Å². The lowest BCUT2D eigenvalue weighted by Crippen LogP contribution is -2.25. The second-order valence-corrected chi connectivity index (χ2v) is 9.58. The van der Waals surface area contributed by atoms with E-state index in [1.807, 2.05) is 73.7 Å². The minimum Gasteiger partial charge on any atom is -0.267 e. The number of carbonyl (C=O) groups excluding carboxylic acids is 1. The summed E-state index contributed by atoms with van der Waals surface area (Å²) in [5, 5.41) is 6.49. The maximum absolute atomic E-state index is 13.5. The van der Waals surface area contributed by atoms with Crippen molar-refractivity contribution in [3.05, 3.63) is 95.1 Å². The summed E-state index contributed by atoms with van der Waals surface area (Å²) in [7, 11) is 0. The summed E-state index contributed by atoms with van der Waals surface area (Å²) in [6, 6.07) is 23.6. The van der Waals surface area contributed by atoms with Crippen molar-refractivity contribution in [3.8, 4) is 0 Å². The first-order chi connectivity index (χ1) is 14.8. The SMILES string of the molecule is Cc1ccc2nc(N(/N=C/c3ccccc3)C(=O)c3ccc(C(C)(C)C)cc3)sc2c1. The van der Waals surface area contributed by atoms with Crippen LogP contribution >= 0.6 is 11.3 Å². The summed E-state index contributed by atoms with van der Waals surface area (Å²) >= 11 is 1.47. The van der Waals surface area contributed by atoms with Gasteiger partial charge in [0.05, 0.1) is 16.4 Å². The maximum Gasteiger partial charge on any atom is 0.280 e. The maximum atomic E-state index is 13.5. The molecule has 5 heteroatoms. The summed E-state index contributed by atoms with van der Waals surface area (Å²) in [6.45, 7) is 8.52. The number of aryl methyl sites for hydroxylation is 1. The number of hydrogen-bond acceptors (Lipinski definition) is 4. The highest BCUT2D eigenvalue weighted by atomic mass is 32.1. The Morgan fingerprint density at radius 3 is 2.39 bits per heavy atom. The minimum absolute atomic E-state index is 0.0254. The number of benzene rings is 3. The summed E-state index contributed by atoms with van der Waals surface area (Å²) in [6.07, 6.45) is 1.69. The van der Waals surface area contributed by atoms with Gasteiger partial charge < -0.3 is 0 Å². The molecule has 0 spiro atoms. The van der Waals surface area contributed by atoms with Gasteiger partial charge in [0.1, 0.15) is 0 Å². The first-order valence-corrected chi connectivity index (χ1v) is 11.0. The Bertz CT molecular complexity index is 1240. The van der Waals surface area contributed by atoms with E-state index in [2.05, 4.69) is 36.9 Å². The molecule has 0 aliphatic rings. The first kappa shape index (κ1) is 20.9. The molecule has 4 nitrogen and oxygen atoms in total. The molecule has 3 aromatic carbocycles. The molecule has 1 aromatic heterocycles. The second-order valence-electron chi connectivity index (χ2n) is 8.57. The van der Waals surface area contributed by atoms with E-state index in [1.54, 1.807) is 6.21 Å². The molecular formula is C26H25N3OS. The number of thiazole rings is 1. The van der Waals surface area contributed by atoms with Crippen LogP contribution in [-0.4, -0.2) is 17.1 Å². The van der Waals surface area contributed by atoms with Crippen molar-refractivity contribution in [1.29, 1.82) is 0 Å². The first-order valence-electron chi connectivity index (χ1n) is 10.2. The van der Waals surface area contributed by atoms with Crippen LogP contribution in [0, 0.1) is 6.92 Å². The molecule has 0 radical (unpaired) electrons. The lowest BCUT2D eigenvalue weighted by molar-refractivity contribution is 0.0988. The highest BCUT2D eigenvalue weighted by Crippen LogP contribution is 2.31. The summed E-state index contributed by atoms with van der Waals surface area (Å²) in [4.78, 5) is 18.1. The van der Waals surface area contributed by atoms with Crippen molar-refractivity contribution in [2.45, 2.75) is 33.1 Å². The highest BCUT2D eigenvalue weighted by molar-refractivity contribution is 7.22. The molecule has 4 rings (SSSR count). The molecule has 1 amide bonds. The summed E-state index contributed by atoms with van der Waals surface area (Å²) in [5.41, 5.74) is 4.72. The van der Waals surface area contributed by atoms with Crippen LogP contribution in [-0.2, 0) is 5.41 Å². The lowest BCUT2D eigenvalue weighted by atomic mass is 9.87. The quantitative estimate of drug-likeness (QED) is 0.273. The van der Waals surface area contributed by atoms with Gasteiger partial charge in [-0.25, -0.2) is 4.98 Å². The fraction of sp³-hybridized carbons (Fsp3) is 0.192. The van der Waals surface area contributed by atoms with Crippen molar-refractivity contribution in [1.82, 2.24) is 4.98 Å². The molecule has 0 saturated heterocycles. The number of anilines is 1. The summed E-state index contributed by atoms with van der Waals surface area (Å²) in [5.74, 6) is -0.205. The minimum atomic E-state index is -0.205. The fourth-order valence-electron chi connectivity index (χ4n) is 3.20. The van der Waals surface area contributed by atoms with E-state index < -0.39 is 0 Å². The molecule has 0 N–H and O–H groups in total. The van der Waals surface area contributed by atoms with Gasteiger partial charge in [-0.3, -0.25) is 4.79 Å². The van der Waals surface area contributed by atoms with E-state index in [9.17, 15) is 4.79 Å². The predicted octanol–water partition coefficient (Wildman–Crippen LogP) is 6.58. The van der Waals surface area contributed by atoms with Gasteiger partial charge >= 0.3 is 0 Å². The molecule has 0 unspecified atom stereocenters. The smallest absolute Gasteiger partial charge is 0.267 e. The highest BCUT2D eigenvalue weighted by Gasteiger charge is 2.22. The normalized spacial score (nSPS) is 11.9. The van der Waals surface area contributed by atoms with Crippen molar-refractivity contribution in [2.75, 3.05) is 5.01 Å². The monoisotopic (exact) mass is 427 g/mol. The third-order valence-corrected chi connectivity index (χ3v) is 6.02. The van der Waals surface area contributed by atoms with Gasteiger partial charge in [0.25, 0.3) is 5.91 Å². The van der Waals surface area contributed by atoms with E-state index in [1.165, 1.54) is 21.9 Å². The number of hydrogen-bond donors (Lipinski definition) is 0. The number of rotatable bonds is 4. The molecule has 0 bridgehead atoms. The van der Waals surface area contributed by atoms with Crippen LogP contribution in [0.2, 0.25) is 0 Å². The fourth-order valence-corrected chi connectivity index (χ4v) is 4.22. The molecule has 0 fully saturated rings. The average Bonchev–Trinajstić information content (AvgIpc) is 3.16. The molecule has 0 atom stereocenters. The van der Waals surface area contributed by atoms with Gasteiger partial charge in [-0.15, -0.1) is 0 Å². The number of amides is 1. The molecule has 0 saturated carbocycles. The molecule has 156 valence electrons. The topological polar surface area (TPSA) is 45.6 Å². The van der Waals surface area contributed by atoms with Crippen LogP contribution in [0.3, 0.4) is 0 Å². The third kappa shape index (κ3) is 4.72. The Labute approximate surface area is 186 Å². The molecule has 4 aromatic rings. The second kappa shape index (κ2) is 8.44. The van der Waals surface area contributed by atoms with Crippen molar-refractivity contribution >= 4 is 38.8 Å². The van der Waals surface area contributed by atoms with Crippen LogP contribution in [0.1, 0.15) is 47.8 Å². The Morgan fingerprint density at radius 2 is 1.71 bits per heavy atom. The largest absolute Gasteiger partial charge is 0.280 e. The molecule has 0 aliphatic carbocycles. The number of aromatic nitrogens is 1. The zero-order valence-electron chi connectivity index (χ0n) is 18.2. The van der Waals surface area contributed by atoms with Crippen LogP contribution in [0.25, 0.3) is 10.2 Å². The molecule has 1 heterocycles. The number of carbonyl (C=O) groups is 1. The van der Waals surface area contributed by atoms with Crippen molar-refractivity contribution in [3.63, 3.8) is 0 Å². The van der Waals surface area contributed by atoms with Crippen molar-refractivity contribution in [2.24, 2.45) is 5.10 Å². The van der Waals surface area contributed by atoms with Crippen LogP contribution < -0.4 is 5.01 Å². The molecule has 0 aliphatic heterocycles. The van der Waals surface area contributed by atoms with Gasteiger partial charge in [-0.1, -0.05) is 80.6 Å². The van der Waals surface area contributed by atoms with E-state index in [4.69, 9.17) is 0 Å². The van der Waals surface area contributed by atoms with Crippen LogP contribution in [0.5, 0.6) is 0 Å². The zero-order chi connectivity index (χ0) is 22.0. The van der Waals surface area contributed by atoms with Gasteiger partial charge in [0, 0.05) is 5.56 Å². The molecular weight excluding hydrogens is 402 g/mol. The van der Waals surface area contributed by atoms with Gasteiger partial charge in [-0.2, -0.15) is 10.1 Å². The Kier molecular flexibility index (Phi) is 5.70. The number of fused-ring (bicyclic) bond motifs is 1. The predicted molar refractivity (Wildman–Crippen MR) is 130 cm³/mol. The Hall–Kier alpha value is -3.31. The van der Waals surface area contributed by atoms with E-state index in [-0.39, 0.29) is 11.3 Å². The number of hydrazone groups is 1. The van der Waals surface area contributed by atoms with Crippen molar-refractivity contribution < 1.29 is 4.79 Å². The molecule has 31 heavy (non-hydrogen) atoms. The van der Waals surface area contributed by atoms with E-state index >= 15 is 0 Å². The Morgan fingerprint density at radius 1 is 1.00 bits per heavy atom. The van der Waals surface area contributed by atoms with Crippen LogP contribution in [0.15, 0.2) is 77.9 Å². The van der Waals surface area contributed by atoms with Gasteiger partial charge in [-0.05, 0) is 53.3 Å². The standard InChI is InChI=1S/C26H25N3OS/c1-18-10-15-22-23(16-18)31-25(28-22)29(27-17-19-8-6-5-7-9-19)24(30)20-11-13-21(14-12-20)26(2,3)4/h5-17H,1-4H3/b27-17+. The average molecular weight is 428 g/mol. The van der Waals surface area contributed by atoms with E-state index in [0.717, 1.165) is 21.3 Å². The van der Waals surface area contributed by atoms with Crippen LogP contribution in [0.4, 0.5) is 5.13 Å². The zero-order valence-corrected chi connectivity index (χ0v) is 19.0. The lowest BCUT2D eigenvalue weighted by Gasteiger charge is -2.19. The number of nitrogens with zero attached hydrogens (tertiary/aromatic N) is 3.